The van der Waals surface area contributed by atoms with Crippen molar-refractivity contribution in [1.29, 1.82) is 0 Å². The number of carbonyl (C=O) groups excluding carboxylic acids is 2. The number of aromatic nitrogens is 5. The third kappa shape index (κ3) is 4.18. The molecule has 4 aliphatic carbocycles. The normalized spacial score (nSPS) is 27.3. The molecule has 0 radical (unpaired) electrons. The highest BCUT2D eigenvalue weighted by Gasteiger charge is 2.51. The van der Waals surface area contributed by atoms with Gasteiger partial charge in [-0.15, -0.1) is 5.10 Å². The van der Waals surface area contributed by atoms with Gasteiger partial charge in [-0.2, -0.15) is 9.90 Å². The second-order valence-electron chi connectivity index (χ2n) is 12.0. The maximum atomic E-state index is 13.4. The third-order valence-corrected chi connectivity index (χ3v) is 9.22. The maximum Gasteiger partial charge on any atom is 0.276 e. The fourth-order valence-corrected chi connectivity index (χ4v) is 8.06. The number of para-hydroxylation sites is 1. The molecule has 2 amide bonds. The maximum absolute atomic E-state index is 13.4. The summed E-state index contributed by atoms with van der Waals surface area (Å²) in [6.07, 6.45) is 10.4. The highest BCUT2D eigenvalue weighted by Crippen LogP contribution is 2.61. The lowest BCUT2D eigenvalue weighted by Crippen LogP contribution is -2.47. The molecule has 9 nitrogen and oxygen atoms in total. The molecule has 9 heteroatoms. The summed E-state index contributed by atoms with van der Waals surface area (Å²) in [5, 5.41) is 12.1. The van der Waals surface area contributed by atoms with Crippen molar-refractivity contribution in [2.75, 3.05) is 11.9 Å². The Labute approximate surface area is 222 Å². The van der Waals surface area contributed by atoms with E-state index in [1.807, 2.05) is 30.3 Å². The lowest BCUT2D eigenvalue weighted by Gasteiger charge is -2.56. The first-order valence-corrected chi connectivity index (χ1v) is 13.9. The highest BCUT2D eigenvalue weighted by molar-refractivity contribution is 5.94. The van der Waals surface area contributed by atoms with Crippen LogP contribution in [0.3, 0.4) is 0 Å². The fourth-order valence-electron chi connectivity index (χ4n) is 8.06. The number of anilines is 1. The summed E-state index contributed by atoms with van der Waals surface area (Å²) in [6.45, 7) is 2.66. The number of hydrogen-bond donors (Lipinski definition) is 1. The number of nitrogens with one attached hydrogen (secondary N) is 1. The van der Waals surface area contributed by atoms with Crippen molar-refractivity contribution in [3.63, 3.8) is 0 Å². The minimum absolute atomic E-state index is 0.0690. The number of fused-ring (bicyclic) bond motifs is 1. The minimum Gasteiger partial charge on any atom is -0.331 e. The van der Waals surface area contributed by atoms with Gasteiger partial charge in [0.1, 0.15) is 12.1 Å². The Hall–Kier alpha value is -3.62. The van der Waals surface area contributed by atoms with Gasteiger partial charge >= 0.3 is 0 Å². The Kier molecular flexibility index (Phi) is 5.56. The summed E-state index contributed by atoms with van der Waals surface area (Å²) in [5.74, 6) is 2.97. The van der Waals surface area contributed by atoms with Crippen LogP contribution in [0.15, 0.2) is 36.7 Å². The molecule has 38 heavy (non-hydrogen) atoms. The third-order valence-electron chi connectivity index (χ3n) is 9.22. The molecule has 0 saturated heterocycles. The van der Waals surface area contributed by atoms with Crippen molar-refractivity contribution < 1.29 is 9.59 Å². The molecule has 4 fully saturated rings. The van der Waals surface area contributed by atoms with E-state index in [0.29, 0.717) is 43.1 Å². The van der Waals surface area contributed by atoms with Crippen LogP contribution in [0.4, 0.5) is 5.82 Å². The van der Waals surface area contributed by atoms with Gasteiger partial charge in [-0.3, -0.25) is 9.59 Å². The van der Waals surface area contributed by atoms with Crippen LogP contribution in [0, 0.1) is 30.1 Å². The predicted octanol–water partition coefficient (Wildman–Crippen LogP) is 4.11. The molecule has 4 bridgehead atoms. The summed E-state index contributed by atoms with van der Waals surface area (Å²) in [6, 6.07) is 9.56. The lowest BCUT2D eigenvalue weighted by atomic mass is 9.49. The summed E-state index contributed by atoms with van der Waals surface area (Å²) >= 11 is 0. The van der Waals surface area contributed by atoms with Crippen LogP contribution in [-0.4, -0.2) is 48.2 Å². The molecule has 1 N–H and O–H groups in total. The van der Waals surface area contributed by atoms with Crippen LogP contribution in [0.1, 0.15) is 72.4 Å². The zero-order valence-electron chi connectivity index (χ0n) is 21.8. The van der Waals surface area contributed by atoms with Crippen LogP contribution >= 0.6 is 0 Å². The number of benzene rings is 1. The molecule has 3 aromatic rings. The number of nitrogens with zero attached hydrogens (tertiary/aromatic N) is 6. The molecule has 1 aromatic carbocycles. The van der Waals surface area contributed by atoms with Gasteiger partial charge in [-0.05, 0) is 87.2 Å². The molecule has 2 aromatic heterocycles. The molecule has 0 spiro atoms. The van der Waals surface area contributed by atoms with Gasteiger partial charge in [0.15, 0.2) is 5.69 Å². The molecule has 0 atom stereocenters. The van der Waals surface area contributed by atoms with Gasteiger partial charge in [-0.25, -0.2) is 9.97 Å². The monoisotopic (exact) mass is 511 g/mol. The number of rotatable bonds is 5. The summed E-state index contributed by atoms with van der Waals surface area (Å²) in [5.41, 5.74) is 3.63. The summed E-state index contributed by atoms with van der Waals surface area (Å²) in [4.78, 5) is 38.8. The smallest absolute Gasteiger partial charge is 0.276 e. The van der Waals surface area contributed by atoms with Gasteiger partial charge in [0, 0.05) is 18.5 Å². The summed E-state index contributed by atoms with van der Waals surface area (Å²) < 4.78 is 0. The Morgan fingerprint density at radius 3 is 2.42 bits per heavy atom. The van der Waals surface area contributed by atoms with Gasteiger partial charge in [-0.1, -0.05) is 18.2 Å². The molecule has 0 unspecified atom stereocenters. The molecule has 8 rings (SSSR count). The van der Waals surface area contributed by atoms with Gasteiger partial charge in [0.05, 0.1) is 23.6 Å². The highest BCUT2D eigenvalue weighted by atomic mass is 16.2. The average Bonchev–Trinajstić information content (AvgIpc) is 3.29. The first-order valence-electron chi connectivity index (χ1n) is 13.9. The van der Waals surface area contributed by atoms with E-state index in [1.165, 1.54) is 49.6 Å². The number of carbonyl (C=O) groups is 2. The van der Waals surface area contributed by atoms with Crippen LogP contribution in [0.25, 0.3) is 5.69 Å². The van der Waals surface area contributed by atoms with Crippen molar-refractivity contribution in [3.8, 4) is 5.69 Å². The van der Waals surface area contributed by atoms with Crippen molar-refractivity contribution in [1.82, 2.24) is 29.9 Å². The van der Waals surface area contributed by atoms with E-state index in [-0.39, 0.29) is 17.2 Å². The second-order valence-corrected chi connectivity index (χ2v) is 12.0. The van der Waals surface area contributed by atoms with E-state index in [9.17, 15) is 9.59 Å². The fraction of sp³-hybridized carbons (Fsp3) is 0.517. The molecular weight excluding hydrogens is 478 g/mol. The van der Waals surface area contributed by atoms with Crippen LogP contribution in [-0.2, 0) is 17.8 Å². The van der Waals surface area contributed by atoms with E-state index in [4.69, 9.17) is 0 Å². The van der Waals surface area contributed by atoms with E-state index < -0.39 is 0 Å². The molecule has 4 saturated carbocycles. The first kappa shape index (κ1) is 23.5. The summed E-state index contributed by atoms with van der Waals surface area (Å²) in [7, 11) is 0. The SMILES string of the molecule is Cc1nn(-c2ccccc2)nc1C(=O)N1CCc2c(ncnc2NC(=O)CC23CC4CC(CC(C4)C2)C3)C1. The average molecular weight is 512 g/mol. The van der Waals surface area contributed by atoms with Crippen molar-refractivity contribution in [3.05, 3.63) is 59.3 Å². The van der Waals surface area contributed by atoms with Gasteiger partial charge in [0.2, 0.25) is 5.91 Å². The van der Waals surface area contributed by atoms with Crippen LogP contribution < -0.4 is 5.32 Å². The standard InChI is InChI=1S/C29H33N7O2/c1-18-26(34-36(33-18)22-5-3-2-4-6-22)28(38)35-8-7-23-24(16-35)30-17-31-27(23)32-25(37)15-29-12-19-9-20(13-29)11-21(10-19)14-29/h2-6,17,19-21H,7-16H2,1H3,(H,30,31,32,37). The topological polar surface area (TPSA) is 106 Å². The molecule has 196 valence electrons. The number of amides is 2. The Balaban J connectivity index is 1.05. The van der Waals surface area contributed by atoms with Crippen molar-refractivity contribution >= 4 is 17.6 Å². The molecule has 1 aliphatic heterocycles. The second kappa shape index (κ2) is 8.99. The molecular formula is C29H33N7O2. The zero-order chi connectivity index (χ0) is 25.9. The Bertz CT molecular complexity index is 1360. The van der Waals surface area contributed by atoms with Crippen molar-refractivity contribution in [2.45, 2.75) is 64.8 Å². The van der Waals surface area contributed by atoms with E-state index in [1.54, 1.807) is 11.8 Å². The Morgan fingerprint density at radius 2 is 1.71 bits per heavy atom. The molecule has 3 heterocycles. The molecule has 5 aliphatic rings. The quantitative estimate of drug-likeness (QED) is 0.553. The largest absolute Gasteiger partial charge is 0.331 e. The predicted molar refractivity (Wildman–Crippen MR) is 140 cm³/mol. The van der Waals surface area contributed by atoms with Crippen LogP contribution in [0.5, 0.6) is 0 Å². The van der Waals surface area contributed by atoms with Gasteiger partial charge in [0.25, 0.3) is 5.91 Å². The minimum atomic E-state index is -0.165. The van der Waals surface area contributed by atoms with Crippen molar-refractivity contribution in [2.24, 2.45) is 23.2 Å². The van der Waals surface area contributed by atoms with Gasteiger partial charge < -0.3 is 10.2 Å². The van der Waals surface area contributed by atoms with E-state index in [0.717, 1.165) is 34.7 Å². The lowest BCUT2D eigenvalue weighted by molar-refractivity contribution is -0.124. The number of aryl methyl sites for hydroxylation is 1. The Morgan fingerprint density at radius 1 is 1.00 bits per heavy atom. The first-order chi connectivity index (χ1) is 18.4. The van der Waals surface area contributed by atoms with E-state index >= 15 is 0 Å². The van der Waals surface area contributed by atoms with E-state index in [2.05, 4.69) is 25.5 Å². The zero-order valence-corrected chi connectivity index (χ0v) is 21.8. The number of hydrogen-bond acceptors (Lipinski definition) is 6. The van der Waals surface area contributed by atoms with Crippen LogP contribution in [0.2, 0.25) is 0 Å².